The molecule has 0 aliphatic heterocycles. The fraction of sp³-hybridized carbons (Fsp3) is 0.600. The number of carbonyl (C=O) groups excluding carboxylic acids is 1. The van der Waals surface area contributed by atoms with E-state index in [2.05, 4.69) is 22.3 Å². The van der Waals surface area contributed by atoms with Crippen LogP contribution >= 0.6 is 0 Å². The molecular formula is C25H33F2N2O3+. The predicted molar refractivity (Wildman–Crippen MR) is 115 cm³/mol. The lowest BCUT2D eigenvalue weighted by molar-refractivity contribution is -0.705. The van der Waals surface area contributed by atoms with Crippen LogP contribution in [-0.4, -0.2) is 28.2 Å². The average molecular weight is 448 g/mol. The highest BCUT2D eigenvalue weighted by Gasteiger charge is 2.52. The third-order valence-electron chi connectivity index (χ3n) is 6.94. The third-order valence-corrected chi connectivity index (χ3v) is 6.94. The van der Waals surface area contributed by atoms with E-state index >= 15 is 0 Å². The van der Waals surface area contributed by atoms with Gasteiger partial charge in [0.15, 0.2) is 5.60 Å². The molecule has 1 N–H and O–H groups in total. The molecule has 2 aliphatic carbocycles. The number of hydrogen-bond donors (Lipinski definition) is 1. The Bertz CT molecular complexity index is 927. The van der Waals surface area contributed by atoms with Gasteiger partial charge in [0, 0.05) is 32.1 Å². The van der Waals surface area contributed by atoms with Gasteiger partial charge in [0.2, 0.25) is 5.92 Å². The van der Waals surface area contributed by atoms with Crippen molar-refractivity contribution in [1.82, 2.24) is 4.57 Å². The number of halogens is 2. The molecule has 0 radical (unpaired) electrons. The largest absolute Gasteiger partial charge is 0.463 e. The zero-order valence-corrected chi connectivity index (χ0v) is 18.7. The lowest BCUT2D eigenvalue weighted by Crippen LogP contribution is -2.48. The quantitative estimate of drug-likeness (QED) is 0.357. The Kier molecular flexibility index (Phi) is 6.65. The first-order valence-corrected chi connectivity index (χ1v) is 11.7. The number of aromatic nitrogens is 2. The number of hydrogen-bond acceptors (Lipinski definition) is 3. The van der Waals surface area contributed by atoms with Gasteiger partial charge in [-0.1, -0.05) is 30.3 Å². The molecule has 32 heavy (non-hydrogen) atoms. The Labute approximate surface area is 188 Å². The summed E-state index contributed by atoms with van der Waals surface area (Å²) in [7, 11) is 0. The van der Waals surface area contributed by atoms with Gasteiger partial charge in [-0.25, -0.2) is 22.7 Å². The highest BCUT2D eigenvalue weighted by molar-refractivity contribution is 5.81. The molecule has 1 aromatic carbocycles. The molecule has 0 bridgehead atoms. The summed E-state index contributed by atoms with van der Waals surface area (Å²) in [6.45, 7) is 3.93. The monoisotopic (exact) mass is 447 g/mol. The number of esters is 1. The normalized spacial score (nSPS) is 22.3. The van der Waals surface area contributed by atoms with Crippen LogP contribution in [0.5, 0.6) is 0 Å². The minimum Gasteiger partial charge on any atom is -0.463 e. The SMILES string of the molecule is Cc1n(CCCOC(=O)[C@](O)(c2ccccc2)[C@@H]2CCCC(F)(F)C2)cc[n+]1CC1CC1. The molecule has 4 rings (SSSR count). The van der Waals surface area contributed by atoms with Crippen LogP contribution in [0, 0.1) is 18.8 Å². The van der Waals surface area contributed by atoms with Crippen LogP contribution in [0.2, 0.25) is 0 Å². The van der Waals surface area contributed by atoms with Crippen molar-refractivity contribution in [1.29, 1.82) is 0 Å². The second kappa shape index (κ2) is 9.30. The highest BCUT2D eigenvalue weighted by atomic mass is 19.3. The fourth-order valence-corrected chi connectivity index (χ4v) is 4.80. The second-order valence-electron chi connectivity index (χ2n) is 9.41. The molecule has 0 saturated heterocycles. The summed E-state index contributed by atoms with van der Waals surface area (Å²) >= 11 is 0. The van der Waals surface area contributed by atoms with Crippen LogP contribution in [0.15, 0.2) is 42.7 Å². The third kappa shape index (κ3) is 5.03. The summed E-state index contributed by atoms with van der Waals surface area (Å²) in [5.74, 6) is -2.64. The number of alkyl halides is 2. The first kappa shape index (κ1) is 22.9. The van der Waals surface area contributed by atoms with Crippen LogP contribution < -0.4 is 4.57 Å². The van der Waals surface area contributed by atoms with Gasteiger partial charge in [-0.05, 0) is 37.2 Å². The number of ether oxygens (including phenoxy) is 1. The Morgan fingerprint density at radius 3 is 2.72 bits per heavy atom. The average Bonchev–Trinajstić information content (AvgIpc) is 3.54. The van der Waals surface area contributed by atoms with Crippen molar-refractivity contribution < 1.29 is 28.0 Å². The van der Waals surface area contributed by atoms with E-state index < -0.39 is 29.8 Å². The zero-order valence-electron chi connectivity index (χ0n) is 18.7. The van der Waals surface area contributed by atoms with Crippen LogP contribution in [0.4, 0.5) is 8.78 Å². The van der Waals surface area contributed by atoms with Gasteiger partial charge in [0.1, 0.15) is 12.4 Å². The maximum absolute atomic E-state index is 14.1. The summed E-state index contributed by atoms with van der Waals surface area (Å²) < 4.78 is 38.1. The van der Waals surface area contributed by atoms with E-state index in [4.69, 9.17) is 4.74 Å². The van der Waals surface area contributed by atoms with Gasteiger partial charge in [-0.2, -0.15) is 0 Å². The maximum Gasteiger partial charge on any atom is 0.343 e. The predicted octanol–water partition coefficient (Wildman–Crippen LogP) is 4.14. The van der Waals surface area contributed by atoms with Crippen LogP contribution in [0.25, 0.3) is 0 Å². The van der Waals surface area contributed by atoms with Crippen LogP contribution in [-0.2, 0) is 28.2 Å². The van der Waals surface area contributed by atoms with Crippen molar-refractivity contribution in [3.8, 4) is 0 Å². The number of aryl methyl sites for hydroxylation is 1. The smallest absolute Gasteiger partial charge is 0.343 e. The Morgan fingerprint density at radius 2 is 2.03 bits per heavy atom. The molecule has 2 fully saturated rings. The Hall–Kier alpha value is -2.28. The summed E-state index contributed by atoms with van der Waals surface area (Å²) in [6, 6.07) is 8.37. The topological polar surface area (TPSA) is 55.3 Å². The molecule has 0 unspecified atom stereocenters. The van der Waals surface area contributed by atoms with Gasteiger partial charge in [0.05, 0.1) is 19.7 Å². The standard InChI is InChI=1S/C25H33F2N2O3/c1-19-28(14-15-29(19)18-20-10-11-20)13-6-16-32-23(30)25(31,21-7-3-2-4-8-21)22-9-5-12-24(26,27)17-22/h2-4,7-8,14-15,20,22,31H,5-6,9-13,16-18H2,1H3/q+1/t22-,25+/m1/s1. The second-order valence-corrected chi connectivity index (χ2v) is 9.41. The van der Waals surface area contributed by atoms with Gasteiger partial charge in [-0.3, -0.25) is 0 Å². The van der Waals surface area contributed by atoms with Crippen LogP contribution in [0.3, 0.4) is 0 Å². The van der Waals surface area contributed by atoms with Crippen molar-refractivity contribution >= 4 is 5.97 Å². The molecule has 1 aromatic heterocycles. The van der Waals surface area contributed by atoms with Gasteiger partial charge >= 0.3 is 5.97 Å². The summed E-state index contributed by atoms with van der Waals surface area (Å²) in [4.78, 5) is 13.1. The minimum absolute atomic E-state index is 0.122. The number of aliphatic hydroxyl groups is 1. The number of benzene rings is 1. The molecule has 7 heteroatoms. The lowest BCUT2D eigenvalue weighted by atomic mass is 9.72. The van der Waals surface area contributed by atoms with E-state index in [1.807, 2.05) is 6.20 Å². The molecule has 2 aliphatic rings. The van der Waals surface area contributed by atoms with Crippen molar-refractivity contribution in [2.24, 2.45) is 11.8 Å². The molecular weight excluding hydrogens is 414 g/mol. The van der Waals surface area contributed by atoms with Crippen molar-refractivity contribution in [3.05, 3.63) is 54.1 Å². The first-order valence-electron chi connectivity index (χ1n) is 11.7. The maximum atomic E-state index is 14.1. The number of nitrogens with zero attached hydrogens (tertiary/aromatic N) is 2. The number of imidazole rings is 1. The zero-order chi connectivity index (χ0) is 22.8. The number of rotatable bonds is 9. The molecule has 0 amide bonds. The molecule has 5 nitrogen and oxygen atoms in total. The fourth-order valence-electron chi connectivity index (χ4n) is 4.80. The van der Waals surface area contributed by atoms with E-state index in [0.29, 0.717) is 24.9 Å². The summed E-state index contributed by atoms with van der Waals surface area (Å²) in [5, 5.41) is 11.4. The van der Waals surface area contributed by atoms with E-state index in [0.717, 1.165) is 18.3 Å². The van der Waals surface area contributed by atoms with E-state index in [1.54, 1.807) is 30.3 Å². The molecule has 2 aromatic rings. The molecule has 174 valence electrons. The van der Waals surface area contributed by atoms with Gasteiger partial charge in [0.25, 0.3) is 5.82 Å². The Morgan fingerprint density at radius 1 is 1.28 bits per heavy atom. The molecule has 2 saturated carbocycles. The lowest BCUT2D eigenvalue weighted by Gasteiger charge is -2.39. The van der Waals surface area contributed by atoms with Crippen molar-refractivity contribution in [3.63, 3.8) is 0 Å². The summed E-state index contributed by atoms with van der Waals surface area (Å²) in [5.41, 5.74) is -1.75. The van der Waals surface area contributed by atoms with E-state index in [-0.39, 0.29) is 19.4 Å². The van der Waals surface area contributed by atoms with E-state index in [1.165, 1.54) is 12.8 Å². The molecule has 2 atom stereocenters. The molecule has 1 heterocycles. The van der Waals surface area contributed by atoms with Gasteiger partial charge < -0.3 is 9.84 Å². The van der Waals surface area contributed by atoms with E-state index in [9.17, 15) is 18.7 Å². The highest BCUT2D eigenvalue weighted by Crippen LogP contribution is 2.45. The van der Waals surface area contributed by atoms with Gasteiger partial charge in [-0.15, -0.1) is 0 Å². The number of carbonyl (C=O) groups is 1. The molecule has 0 spiro atoms. The minimum atomic E-state index is -2.88. The Balaban J connectivity index is 1.39. The summed E-state index contributed by atoms with van der Waals surface area (Å²) in [6.07, 6.45) is 7.19. The van der Waals surface area contributed by atoms with Crippen molar-refractivity contribution in [2.75, 3.05) is 6.61 Å². The first-order chi connectivity index (χ1) is 15.3. The van der Waals surface area contributed by atoms with Crippen molar-refractivity contribution in [2.45, 2.75) is 76.5 Å². The van der Waals surface area contributed by atoms with Crippen LogP contribution in [0.1, 0.15) is 56.3 Å².